The van der Waals surface area contributed by atoms with Gasteiger partial charge in [-0.15, -0.1) is 4.83 Å². The second-order valence-electron chi connectivity index (χ2n) is 4.26. The average molecular weight is 270 g/mol. The molecule has 7 heteroatoms. The lowest BCUT2D eigenvalue weighted by atomic mass is 10.2. The molecule has 0 aliphatic carbocycles. The molecule has 0 aromatic carbocycles. The van der Waals surface area contributed by atoms with Crippen LogP contribution in [0.4, 0.5) is 5.69 Å². The number of hydrogen-bond donors (Lipinski definition) is 2. The number of aromatic nitrogens is 1. The van der Waals surface area contributed by atoms with E-state index >= 15 is 0 Å². The third-order valence-corrected chi connectivity index (χ3v) is 4.35. The first-order valence-corrected chi connectivity index (χ1v) is 7.51. The Balaban J connectivity index is 2.19. The molecule has 1 fully saturated rings. The third-order valence-electron chi connectivity index (χ3n) is 2.95. The van der Waals surface area contributed by atoms with E-state index in [1.54, 1.807) is 24.3 Å². The van der Waals surface area contributed by atoms with Crippen LogP contribution in [0.1, 0.15) is 19.3 Å². The van der Waals surface area contributed by atoms with Crippen LogP contribution in [0.5, 0.6) is 0 Å². The Morgan fingerprint density at radius 3 is 2.67 bits per heavy atom. The first kappa shape index (κ1) is 13.3. The summed E-state index contributed by atoms with van der Waals surface area (Å²) >= 11 is 0. The van der Waals surface area contributed by atoms with Crippen molar-refractivity contribution in [2.45, 2.75) is 24.2 Å². The highest BCUT2D eigenvalue weighted by molar-refractivity contribution is 7.89. The highest BCUT2D eigenvalue weighted by Crippen LogP contribution is 2.19. The summed E-state index contributed by atoms with van der Waals surface area (Å²) in [6.45, 7) is 1.52. The van der Waals surface area contributed by atoms with Crippen LogP contribution in [0, 0.1) is 0 Å². The van der Waals surface area contributed by atoms with E-state index in [1.807, 2.05) is 0 Å². The Kier molecular flexibility index (Phi) is 4.15. The van der Waals surface area contributed by atoms with E-state index < -0.39 is 10.0 Å². The van der Waals surface area contributed by atoms with Gasteiger partial charge in [-0.25, -0.2) is 13.4 Å². The first-order valence-electron chi connectivity index (χ1n) is 6.02. The summed E-state index contributed by atoms with van der Waals surface area (Å²) in [6, 6.07) is 1.64. The SMILES string of the molecule is CNc1ccncc1S(=O)(=O)NN1CCCCC1. The smallest absolute Gasteiger partial charge is 0.257 e. The number of anilines is 1. The third kappa shape index (κ3) is 2.98. The van der Waals surface area contributed by atoms with Crippen molar-refractivity contribution < 1.29 is 8.42 Å². The molecule has 1 aromatic rings. The lowest BCUT2D eigenvalue weighted by molar-refractivity contribution is 0.200. The normalized spacial score (nSPS) is 17.6. The molecule has 0 saturated carbocycles. The molecular weight excluding hydrogens is 252 g/mol. The fourth-order valence-corrected chi connectivity index (χ4v) is 3.29. The maximum atomic E-state index is 12.2. The second-order valence-corrected chi connectivity index (χ2v) is 5.89. The molecule has 18 heavy (non-hydrogen) atoms. The Morgan fingerprint density at radius 1 is 1.28 bits per heavy atom. The number of nitrogens with one attached hydrogen (secondary N) is 2. The van der Waals surface area contributed by atoms with Crippen LogP contribution in [0.15, 0.2) is 23.4 Å². The second kappa shape index (κ2) is 5.64. The fourth-order valence-electron chi connectivity index (χ4n) is 2.00. The van der Waals surface area contributed by atoms with Crippen LogP contribution in [-0.4, -0.2) is 38.5 Å². The molecule has 2 N–H and O–H groups in total. The quantitative estimate of drug-likeness (QED) is 0.846. The van der Waals surface area contributed by atoms with Crippen LogP contribution in [0.2, 0.25) is 0 Å². The molecule has 2 heterocycles. The van der Waals surface area contributed by atoms with Crippen molar-refractivity contribution in [3.8, 4) is 0 Å². The van der Waals surface area contributed by atoms with Gasteiger partial charge in [0.15, 0.2) is 0 Å². The summed E-state index contributed by atoms with van der Waals surface area (Å²) in [5.41, 5.74) is 0.550. The van der Waals surface area contributed by atoms with E-state index in [1.165, 1.54) is 6.20 Å². The van der Waals surface area contributed by atoms with E-state index in [0.29, 0.717) is 5.69 Å². The molecule has 1 aromatic heterocycles. The van der Waals surface area contributed by atoms with Gasteiger partial charge in [-0.3, -0.25) is 4.98 Å². The molecule has 0 unspecified atom stereocenters. The lowest BCUT2D eigenvalue weighted by Gasteiger charge is -2.26. The summed E-state index contributed by atoms with van der Waals surface area (Å²) < 4.78 is 24.5. The zero-order valence-electron chi connectivity index (χ0n) is 10.4. The molecule has 0 radical (unpaired) electrons. The highest BCUT2D eigenvalue weighted by Gasteiger charge is 2.22. The van der Waals surface area contributed by atoms with Gasteiger partial charge in [0.25, 0.3) is 10.0 Å². The summed E-state index contributed by atoms with van der Waals surface area (Å²) in [7, 11) is -1.86. The predicted octanol–water partition coefficient (Wildman–Crippen LogP) is 0.802. The summed E-state index contributed by atoms with van der Waals surface area (Å²) in [6.07, 6.45) is 6.12. The van der Waals surface area contributed by atoms with E-state index in [0.717, 1.165) is 32.4 Å². The van der Waals surface area contributed by atoms with Crippen LogP contribution in [0.3, 0.4) is 0 Å². The molecule has 1 aliphatic heterocycles. The van der Waals surface area contributed by atoms with Crippen LogP contribution in [-0.2, 0) is 10.0 Å². The van der Waals surface area contributed by atoms with Crippen molar-refractivity contribution in [1.29, 1.82) is 0 Å². The van der Waals surface area contributed by atoms with Crippen molar-refractivity contribution in [3.63, 3.8) is 0 Å². The van der Waals surface area contributed by atoms with E-state index in [-0.39, 0.29) is 4.90 Å². The van der Waals surface area contributed by atoms with E-state index in [2.05, 4.69) is 15.1 Å². The number of sulfonamides is 1. The maximum Gasteiger partial charge on any atom is 0.257 e. The van der Waals surface area contributed by atoms with E-state index in [4.69, 9.17) is 0 Å². The number of piperidine rings is 1. The summed E-state index contributed by atoms with van der Waals surface area (Å²) in [5, 5.41) is 4.62. The van der Waals surface area contributed by atoms with Crippen LogP contribution < -0.4 is 10.1 Å². The number of hydrogen-bond acceptors (Lipinski definition) is 5. The van der Waals surface area contributed by atoms with Crippen LogP contribution >= 0.6 is 0 Å². The monoisotopic (exact) mass is 270 g/mol. The predicted molar refractivity (Wildman–Crippen MR) is 69.5 cm³/mol. The largest absolute Gasteiger partial charge is 0.387 e. The van der Waals surface area contributed by atoms with Crippen molar-refractivity contribution in [1.82, 2.24) is 14.8 Å². The number of nitrogens with zero attached hydrogens (tertiary/aromatic N) is 2. The van der Waals surface area contributed by atoms with Gasteiger partial charge in [0.05, 0.1) is 5.69 Å². The Hall–Kier alpha value is -1.18. The Morgan fingerprint density at radius 2 is 2.00 bits per heavy atom. The van der Waals surface area contributed by atoms with Crippen molar-refractivity contribution >= 4 is 15.7 Å². The average Bonchev–Trinajstić information content (AvgIpc) is 2.39. The minimum absolute atomic E-state index is 0.179. The van der Waals surface area contributed by atoms with Gasteiger partial charge in [0.1, 0.15) is 4.90 Å². The molecule has 1 aliphatic rings. The van der Waals surface area contributed by atoms with Gasteiger partial charge in [0.2, 0.25) is 0 Å². The molecular formula is C11H18N4O2S. The molecule has 1 saturated heterocycles. The summed E-state index contributed by atoms with van der Waals surface area (Å²) in [5.74, 6) is 0. The molecule has 6 nitrogen and oxygen atoms in total. The molecule has 100 valence electrons. The molecule has 0 atom stereocenters. The highest BCUT2D eigenvalue weighted by atomic mass is 32.2. The zero-order chi connectivity index (χ0) is 13.0. The minimum Gasteiger partial charge on any atom is -0.387 e. The van der Waals surface area contributed by atoms with Gasteiger partial charge in [-0.1, -0.05) is 6.42 Å². The van der Waals surface area contributed by atoms with Gasteiger partial charge < -0.3 is 5.32 Å². The van der Waals surface area contributed by atoms with Gasteiger partial charge in [-0.05, 0) is 18.9 Å². The van der Waals surface area contributed by atoms with E-state index in [9.17, 15) is 8.42 Å². The number of pyridine rings is 1. The molecule has 0 spiro atoms. The van der Waals surface area contributed by atoms with Gasteiger partial charge in [0, 0.05) is 32.5 Å². The standard InChI is InChI=1S/C11H18N4O2S/c1-12-10-5-6-13-9-11(10)18(16,17)14-15-7-3-2-4-8-15/h5-6,9,14H,2-4,7-8H2,1H3,(H,12,13). The number of rotatable bonds is 4. The van der Waals surface area contributed by atoms with Crippen molar-refractivity contribution in [3.05, 3.63) is 18.5 Å². The lowest BCUT2D eigenvalue weighted by Crippen LogP contribution is -2.45. The van der Waals surface area contributed by atoms with Crippen molar-refractivity contribution in [2.24, 2.45) is 0 Å². The van der Waals surface area contributed by atoms with Gasteiger partial charge in [-0.2, -0.15) is 0 Å². The van der Waals surface area contributed by atoms with Gasteiger partial charge >= 0.3 is 0 Å². The zero-order valence-corrected chi connectivity index (χ0v) is 11.2. The van der Waals surface area contributed by atoms with Crippen molar-refractivity contribution in [2.75, 3.05) is 25.5 Å². The topological polar surface area (TPSA) is 74.3 Å². The summed E-state index contributed by atoms with van der Waals surface area (Å²) in [4.78, 5) is 6.67. The first-order chi connectivity index (χ1) is 8.63. The maximum absolute atomic E-state index is 12.2. The minimum atomic E-state index is -3.55. The molecule has 2 rings (SSSR count). The Labute approximate surface area is 107 Å². The molecule has 0 bridgehead atoms. The Bertz CT molecular complexity index is 498. The van der Waals surface area contributed by atoms with Crippen LogP contribution in [0.25, 0.3) is 0 Å². The number of hydrazine groups is 1. The molecule has 0 amide bonds. The fraction of sp³-hybridized carbons (Fsp3) is 0.545.